The van der Waals surface area contributed by atoms with Crippen LogP contribution in [0.4, 0.5) is 5.69 Å². The van der Waals surface area contributed by atoms with Crippen molar-refractivity contribution in [2.75, 3.05) is 4.72 Å². The number of aromatic carboxylic acids is 1. The van der Waals surface area contributed by atoms with E-state index in [0.29, 0.717) is 13.1 Å². The van der Waals surface area contributed by atoms with Crippen molar-refractivity contribution in [3.8, 4) is 0 Å². The Kier molecular flexibility index (Phi) is 4.69. The molecule has 0 atom stereocenters. The fourth-order valence-corrected chi connectivity index (χ4v) is 4.16. The lowest BCUT2D eigenvalue weighted by molar-refractivity contribution is -0.129. The van der Waals surface area contributed by atoms with Crippen LogP contribution in [0.15, 0.2) is 35.2 Å². The lowest BCUT2D eigenvalue weighted by Crippen LogP contribution is -2.21. The van der Waals surface area contributed by atoms with E-state index < -0.39 is 16.0 Å². The minimum Gasteiger partial charge on any atom is -0.478 e. The number of anilines is 1. The zero-order chi connectivity index (χ0) is 19.9. The van der Waals surface area contributed by atoms with Gasteiger partial charge in [0.05, 0.1) is 16.1 Å². The Balaban J connectivity index is 1.96. The third-order valence-electron chi connectivity index (χ3n) is 4.76. The molecule has 3 rings (SSSR count). The molecule has 0 saturated carbocycles. The van der Waals surface area contributed by atoms with Gasteiger partial charge in [0.15, 0.2) is 0 Å². The maximum absolute atomic E-state index is 12.8. The molecule has 8 heteroatoms. The molecule has 0 saturated heterocycles. The van der Waals surface area contributed by atoms with Gasteiger partial charge in [0, 0.05) is 20.0 Å². The average molecular weight is 388 g/mol. The van der Waals surface area contributed by atoms with Crippen molar-refractivity contribution < 1.29 is 23.1 Å². The number of sulfonamides is 1. The number of carboxylic acids is 1. The highest BCUT2D eigenvalue weighted by Crippen LogP contribution is 2.28. The molecular weight excluding hydrogens is 368 g/mol. The molecule has 0 fully saturated rings. The second-order valence-corrected chi connectivity index (χ2v) is 8.38. The van der Waals surface area contributed by atoms with Crippen LogP contribution >= 0.6 is 0 Å². The number of amides is 1. The minimum absolute atomic E-state index is 0.0245. The SMILES string of the molecule is CC(=O)N1Cc2ccc(S(=O)(=O)Nc3cc(C)c(C)cc3C(=O)O)cc2C1. The van der Waals surface area contributed by atoms with E-state index in [1.807, 2.05) is 0 Å². The molecule has 0 aliphatic carbocycles. The lowest BCUT2D eigenvalue weighted by Gasteiger charge is -2.13. The van der Waals surface area contributed by atoms with Gasteiger partial charge in [0.25, 0.3) is 10.0 Å². The topological polar surface area (TPSA) is 104 Å². The second kappa shape index (κ2) is 6.70. The van der Waals surface area contributed by atoms with E-state index in [2.05, 4.69) is 4.72 Å². The first-order valence-corrected chi connectivity index (χ1v) is 9.81. The zero-order valence-corrected chi connectivity index (χ0v) is 16.1. The summed E-state index contributed by atoms with van der Waals surface area (Å²) in [4.78, 5) is 24.7. The molecule has 27 heavy (non-hydrogen) atoms. The normalized spacial score (nSPS) is 13.4. The molecule has 142 valence electrons. The number of benzene rings is 2. The van der Waals surface area contributed by atoms with Crippen LogP contribution in [-0.4, -0.2) is 30.3 Å². The molecule has 0 aromatic heterocycles. The van der Waals surface area contributed by atoms with Gasteiger partial charge < -0.3 is 10.0 Å². The third kappa shape index (κ3) is 3.66. The summed E-state index contributed by atoms with van der Waals surface area (Å²) in [5.41, 5.74) is 3.14. The van der Waals surface area contributed by atoms with E-state index >= 15 is 0 Å². The maximum atomic E-state index is 12.8. The Hall–Kier alpha value is -2.87. The zero-order valence-electron chi connectivity index (χ0n) is 15.2. The van der Waals surface area contributed by atoms with Crippen LogP contribution < -0.4 is 4.72 Å². The van der Waals surface area contributed by atoms with Crippen molar-refractivity contribution in [2.45, 2.75) is 38.8 Å². The largest absolute Gasteiger partial charge is 0.478 e. The standard InChI is InChI=1S/C19H20N2O5S/c1-11-6-17(19(23)24)18(7-12(11)2)20-27(25,26)16-5-4-14-9-21(13(3)22)10-15(14)8-16/h4-8,20H,9-10H2,1-3H3,(H,23,24). The van der Waals surface area contributed by atoms with Gasteiger partial charge >= 0.3 is 5.97 Å². The predicted octanol–water partition coefficient (Wildman–Crippen LogP) is 2.66. The molecule has 1 amide bonds. The van der Waals surface area contributed by atoms with E-state index in [1.54, 1.807) is 24.8 Å². The van der Waals surface area contributed by atoms with Gasteiger partial charge in [-0.15, -0.1) is 0 Å². The third-order valence-corrected chi connectivity index (χ3v) is 6.13. The van der Waals surface area contributed by atoms with E-state index in [0.717, 1.165) is 22.3 Å². The number of carbonyl (C=O) groups excluding carboxylic acids is 1. The Morgan fingerprint density at radius 1 is 1.04 bits per heavy atom. The second-order valence-electron chi connectivity index (χ2n) is 6.70. The van der Waals surface area contributed by atoms with Crippen LogP contribution in [0, 0.1) is 13.8 Å². The van der Waals surface area contributed by atoms with Gasteiger partial charge in [-0.1, -0.05) is 6.07 Å². The summed E-state index contributed by atoms with van der Waals surface area (Å²) >= 11 is 0. The summed E-state index contributed by atoms with van der Waals surface area (Å²) in [6, 6.07) is 7.64. The summed E-state index contributed by atoms with van der Waals surface area (Å²) in [5, 5.41) is 9.38. The van der Waals surface area contributed by atoms with Crippen molar-refractivity contribution >= 4 is 27.6 Å². The van der Waals surface area contributed by atoms with Crippen molar-refractivity contribution in [1.29, 1.82) is 0 Å². The molecule has 2 aromatic rings. The molecule has 7 nitrogen and oxygen atoms in total. The molecular formula is C19H20N2O5S. The van der Waals surface area contributed by atoms with E-state index in [4.69, 9.17) is 0 Å². The first kappa shape index (κ1) is 18.9. The molecule has 2 aromatic carbocycles. The smallest absolute Gasteiger partial charge is 0.337 e. The van der Waals surface area contributed by atoms with Crippen LogP contribution in [0.25, 0.3) is 0 Å². The molecule has 0 unspecified atom stereocenters. The first-order valence-electron chi connectivity index (χ1n) is 8.33. The van der Waals surface area contributed by atoms with Crippen molar-refractivity contribution in [3.63, 3.8) is 0 Å². The number of nitrogens with one attached hydrogen (secondary N) is 1. The number of hydrogen-bond donors (Lipinski definition) is 2. The Morgan fingerprint density at radius 3 is 2.30 bits per heavy atom. The highest BCUT2D eigenvalue weighted by molar-refractivity contribution is 7.92. The number of fused-ring (bicyclic) bond motifs is 1. The molecule has 1 aliphatic heterocycles. The van der Waals surface area contributed by atoms with Crippen molar-refractivity contribution in [1.82, 2.24) is 4.90 Å². The van der Waals surface area contributed by atoms with Crippen LogP contribution in [0.5, 0.6) is 0 Å². The highest BCUT2D eigenvalue weighted by Gasteiger charge is 2.25. The van der Waals surface area contributed by atoms with Gasteiger partial charge in [-0.2, -0.15) is 0 Å². The summed E-state index contributed by atoms with van der Waals surface area (Å²) in [6.45, 7) is 5.83. The molecule has 1 aliphatic rings. The van der Waals surface area contributed by atoms with Gasteiger partial charge in [0.1, 0.15) is 0 Å². The quantitative estimate of drug-likeness (QED) is 0.838. The number of nitrogens with zero attached hydrogens (tertiary/aromatic N) is 1. The van der Waals surface area contributed by atoms with Gasteiger partial charge in [-0.3, -0.25) is 9.52 Å². The molecule has 0 bridgehead atoms. The summed E-state index contributed by atoms with van der Waals surface area (Å²) in [7, 11) is -3.98. The van der Waals surface area contributed by atoms with Crippen molar-refractivity contribution in [3.05, 3.63) is 58.1 Å². The van der Waals surface area contributed by atoms with Crippen LogP contribution in [0.2, 0.25) is 0 Å². The summed E-state index contributed by atoms with van der Waals surface area (Å²) < 4.78 is 28.0. The number of hydrogen-bond acceptors (Lipinski definition) is 4. The minimum atomic E-state index is -3.98. The maximum Gasteiger partial charge on any atom is 0.337 e. The molecule has 0 radical (unpaired) electrons. The molecule has 0 spiro atoms. The molecule has 2 N–H and O–H groups in total. The summed E-state index contributed by atoms with van der Waals surface area (Å²) in [5.74, 6) is -1.28. The Bertz CT molecular complexity index is 1060. The van der Waals surface area contributed by atoms with E-state index in [1.165, 1.54) is 31.2 Å². The first-order chi connectivity index (χ1) is 12.6. The Labute approximate surface area is 157 Å². The van der Waals surface area contributed by atoms with E-state index in [-0.39, 0.29) is 22.1 Å². The number of aryl methyl sites for hydroxylation is 2. The van der Waals surface area contributed by atoms with Gasteiger partial charge in [-0.25, -0.2) is 13.2 Å². The fourth-order valence-electron chi connectivity index (χ4n) is 3.04. The lowest BCUT2D eigenvalue weighted by atomic mass is 10.0. The molecule has 1 heterocycles. The van der Waals surface area contributed by atoms with Crippen LogP contribution in [0.3, 0.4) is 0 Å². The van der Waals surface area contributed by atoms with Gasteiger partial charge in [-0.05, 0) is 60.4 Å². The number of carboxylic acid groups (broad SMARTS) is 1. The van der Waals surface area contributed by atoms with Crippen LogP contribution in [-0.2, 0) is 27.9 Å². The van der Waals surface area contributed by atoms with Gasteiger partial charge in [0.2, 0.25) is 5.91 Å². The fraction of sp³-hybridized carbons (Fsp3) is 0.263. The predicted molar refractivity (Wildman–Crippen MR) is 100 cm³/mol. The Morgan fingerprint density at radius 2 is 1.67 bits per heavy atom. The van der Waals surface area contributed by atoms with Crippen molar-refractivity contribution in [2.24, 2.45) is 0 Å². The van der Waals surface area contributed by atoms with E-state index in [9.17, 15) is 23.1 Å². The monoisotopic (exact) mass is 388 g/mol. The average Bonchev–Trinajstić information content (AvgIpc) is 3.01. The summed E-state index contributed by atoms with van der Waals surface area (Å²) in [6.07, 6.45) is 0. The highest BCUT2D eigenvalue weighted by atomic mass is 32.2. The van der Waals surface area contributed by atoms with Crippen LogP contribution in [0.1, 0.15) is 39.5 Å². The number of rotatable bonds is 4. The number of carbonyl (C=O) groups is 2.